The molecule has 1 N–H and O–H groups in total. The van der Waals surface area contributed by atoms with Gasteiger partial charge in [-0.05, 0) is 19.2 Å². The van der Waals surface area contributed by atoms with Crippen molar-refractivity contribution < 1.29 is 9.13 Å². The quantitative estimate of drug-likeness (QED) is 0.679. The Labute approximate surface area is 70.6 Å². The van der Waals surface area contributed by atoms with Crippen molar-refractivity contribution in [2.45, 2.75) is 0 Å². The summed E-state index contributed by atoms with van der Waals surface area (Å²) in [4.78, 5) is 3.73. The molecule has 1 rings (SSSR count). The topological polar surface area (TPSA) is 34.1 Å². The maximum Gasteiger partial charge on any atom is 0.250 e. The first-order valence-corrected chi connectivity index (χ1v) is 3.72. The van der Waals surface area contributed by atoms with Crippen molar-refractivity contribution in [3.8, 4) is 5.88 Å². The molecule has 0 atom stereocenters. The van der Waals surface area contributed by atoms with Gasteiger partial charge < -0.3 is 10.1 Å². The maximum absolute atomic E-state index is 12.8. The smallest absolute Gasteiger partial charge is 0.250 e. The Morgan fingerprint density at radius 3 is 3.17 bits per heavy atom. The zero-order valence-electron chi connectivity index (χ0n) is 6.88. The number of nitrogens with one attached hydrogen (secondary N) is 1. The maximum atomic E-state index is 12.8. The molecular formula is C8H11FN2O. The lowest BCUT2D eigenvalue weighted by molar-refractivity contribution is 0.289. The van der Waals surface area contributed by atoms with Gasteiger partial charge in [-0.1, -0.05) is 0 Å². The first-order chi connectivity index (χ1) is 5.84. The Morgan fingerprint density at radius 1 is 1.67 bits per heavy atom. The summed E-state index contributed by atoms with van der Waals surface area (Å²) >= 11 is 0. The fourth-order valence-corrected chi connectivity index (χ4v) is 0.727. The number of halogens is 1. The van der Waals surface area contributed by atoms with Gasteiger partial charge in [-0.2, -0.15) is 0 Å². The van der Waals surface area contributed by atoms with Crippen LogP contribution >= 0.6 is 0 Å². The molecule has 0 amide bonds. The van der Waals surface area contributed by atoms with E-state index in [1.54, 1.807) is 7.05 Å². The number of pyridine rings is 1. The van der Waals surface area contributed by atoms with E-state index in [9.17, 15) is 4.39 Å². The molecule has 0 aliphatic rings. The molecule has 0 aliphatic carbocycles. The fraction of sp³-hybridized carbons (Fsp3) is 0.375. The molecule has 0 aliphatic heterocycles. The zero-order chi connectivity index (χ0) is 8.81. The van der Waals surface area contributed by atoms with Crippen molar-refractivity contribution in [1.29, 1.82) is 0 Å². The van der Waals surface area contributed by atoms with Crippen LogP contribution in [0.25, 0.3) is 0 Å². The summed E-state index contributed by atoms with van der Waals surface area (Å²) in [5, 5.41) is 2.88. The normalized spacial score (nSPS) is 9.83. The van der Waals surface area contributed by atoms with Crippen LogP contribution in [-0.4, -0.2) is 25.2 Å². The molecule has 66 valence electrons. The lowest BCUT2D eigenvalue weighted by Gasteiger charge is -2.04. The third-order valence-corrected chi connectivity index (χ3v) is 1.32. The summed E-state index contributed by atoms with van der Waals surface area (Å²) in [6.07, 6.45) is 1.50. The molecule has 1 aromatic heterocycles. The standard InChI is InChI=1S/C8H11FN2O/c1-10-5-6-12-8-7(9)3-2-4-11-8/h2-4,10H,5-6H2,1H3. The van der Waals surface area contributed by atoms with E-state index in [1.807, 2.05) is 0 Å². The van der Waals surface area contributed by atoms with Crippen LogP contribution in [0.2, 0.25) is 0 Å². The van der Waals surface area contributed by atoms with E-state index in [0.717, 1.165) is 0 Å². The third-order valence-electron chi connectivity index (χ3n) is 1.32. The van der Waals surface area contributed by atoms with Gasteiger partial charge in [0.05, 0.1) is 0 Å². The van der Waals surface area contributed by atoms with Gasteiger partial charge in [-0.15, -0.1) is 0 Å². The summed E-state index contributed by atoms with van der Waals surface area (Å²) in [7, 11) is 1.80. The van der Waals surface area contributed by atoms with Crippen molar-refractivity contribution in [3.05, 3.63) is 24.1 Å². The van der Waals surface area contributed by atoms with Crippen molar-refractivity contribution in [3.63, 3.8) is 0 Å². The number of nitrogens with zero attached hydrogens (tertiary/aromatic N) is 1. The average molecular weight is 170 g/mol. The highest BCUT2D eigenvalue weighted by Crippen LogP contribution is 2.10. The highest BCUT2D eigenvalue weighted by molar-refractivity contribution is 5.12. The van der Waals surface area contributed by atoms with Gasteiger partial charge in [-0.3, -0.25) is 0 Å². The predicted molar refractivity (Wildman–Crippen MR) is 43.6 cm³/mol. The predicted octanol–water partition coefficient (Wildman–Crippen LogP) is 0.819. The zero-order valence-corrected chi connectivity index (χ0v) is 6.88. The van der Waals surface area contributed by atoms with E-state index in [1.165, 1.54) is 18.3 Å². The van der Waals surface area contributed by atoms with E-state index in [0.29, 0.717) is 13.2 Å². The van der Waals surface area contributed by atoms with Gasteiger partial charge in [-0.25, -0.2) is 9.37 Å². The molecule has 0 bridgehead atoms. The molecule has 4 heteroatoms. The summed E-state index contributed by atoms with van der Waals surface area (Å²) in [6.45, 7) is 1.10. The molecule has 0 fully saturated rings. The van der Waals surface area contributed by atoms with Crippen LogP contribution in [-0.2, 0) is 0 Å². The van der Waals surface area contributed by atoms with Crippen LogP contribution in [0.3, 0.4) is 0 Å². The van der Waals surface area contributed by atoms with Gasteiger partial charge >= 0.3 is 0 Å². The van der Waals surface area contributed by atoms with E-state index in [2.05, 4.69) is 10.3 Å². The average Bonchev–Trinajstić information content (AvgIpc) is 2.09. The Bertz CT molecular complexity index is 242. The van der Waals surface area contributed by atoms with Crippen molar-refractivity contribution in [1.82, 2.24) is 10.3 Å². The van der Waals surface area contributed by atoms with Gasteiger partial charge in [0, 0.05) is 12.7 Å². The molecule has 1 aromatic rings. The number of likely N-dealkylation sites (N-methyl/N-ethyl adjacent to an activating group) is 1. The van der Waals surface area contributed by atoms with E-state index >= 15 is 0 Å². The fourth-order valence-electron chi connectivity index (χ4n) is 0.727. The Hall–Kier alpha value is -1.16. The van der Waals surface area contributed by atoms with Crippen molar-refractivity contribution in [2.24, 2.45) is 0 Å². The lowest BCUT2D eigenvalue weighted by Crippen LogP contribution is -2.16. The molecule has 12 heavy (non-hydrogen) atoms. The first-order valence-electron chi connectivity index (χ1n) is 3.72. The summed E-state index contributed by atoms with van der Waals surface area (Å²) in [5.41, 5.74) is 0. The number of hydrogen-bond donors (Lipinski definition) is 1. The highest BCUT2D eigenvalue weighted by atomic mass is 19.1. The molecule has 3 nitrogen and oxygen atoms in total. The summed E-state index contributed by atoms with van der Waals surface area (Å²) in [6, 6.07) is 2.85. The van der Waals surface area contributed by atoms with Crippen LogP contribution in [0.4, 0.5) is 4.39 Å². The number of hydrogen-bond acceptors (Lipinski definition) is 3. The van der Waals surface area contributed by atoms with Gasteiger partial charge in [0.1, 0.15) is 6.61 Å². The number of rotatable bonds is 4. The molecule has 0 radical (unpaired) electrons. The van der Waals surface area contributed by atoms with Crippen LogP contribution in [0, 0.1) is 5.82 Å². The Balaban J connectivity index is 2.46. The molecule has 1 heterocycles. The molecule has 0 unspecified atom stereocenters. The monoisotopic (exact) mass is 170 g/mol. The third kappa shape index (κ3) is 2.47. The number of ether oxygens (including phenoxy) is 1. The second-order valence-corrected chi connectivity index (χ2v) is 2.24. The van der Waals surface area contributed by atoms with Crippen molar-refractivity contribution in [2.75, 3.05) is 20.2 Å². The molecule has 0 spiro atoms. The second-order valence-electron chi connectivity index (χ2n) is 2.24. The summed E-state index contributed by atoms with van der Waals surface area (Å²) in [5.74, 6) is -0.360. The van der Waals surface area contributed by atoms with Gasteiger partial charge in [0.2, 0.25) is 5.88 Å². The second kappa shape index (κ2) is 4.66. The minimum absolute atomic E-state index is 0.0627. The van der Waals surface area contributed by atoms with E-state index in [4.69, 9.17) is 4.74 Å². The van der Waals surface area contributed by atoms with E-state index < -0.39 is 5.82 Å². The van der Waals surface area contributed by atoms with Gasteiger partial charge in [0.25, 0.3) is 0 Å². The molecule has 0 saturated heterocycles. The largest absolute Gasteiger partial charge is 0.474 e. The highest BCUT2D eigenvalue weighted by Gasteiger charge is 2.01. The van der Waals surface area contributed by atoms with Crippen molar-refractivity contribution >= 4 is 0 Å². The van der Waals surface area contributed by atoms with Crippen LogP contribution in [0.1, 0.15) is 0 Å². The molecular weight excluding hydrogens is 159 g/mol. The number of aromatic nitrogens is 1. The molecule has 0 saturated carbocycles. The SMILES string of the molecule is CNCCOc1ncccc1F. The minimum Gasteiger partial charge on any atom is -0.474 e. The van der Waals surface area contributed by atoms with Crippen LogP contribution < -0.4 is 10.1 Å². The van der Waals surface area contributed by atoms with Crippen LogP contribution in [0.15, 0.2) is 18.3 Å². The van der Waals surface area contributed by atoms with Gasteiger partial charge in [0.15, 0.2) is 5.82 Å². The van der Waals surface area contributed by atoms with E-state index in [-0.39, 0.29) is 5.88 Å². The Kier molecular flexibility index (Phi) is 3.47. The Morgan fingerprint density at radius 2 is 2.50 bits per heavy atom. The van der Waals surface area contributed by atoms with Crippen LogP contribution in [0.5, 0.6) is 5.88 Å². The summed E-state index contributed by atoms with van der Waals surface area (Å²) < 4.78 is 17.8. The minimum atomic E-state index is -0.423. The molecule has 0 aromatic carbocycles. The first kappa shape index (κ1) is 8.93. The lowest BCUT2D eigenvalue weighted by atomic mass is 10.5.